The van der Waals surface area contributed by atoms with Crippen molar-refractivity contribution in [2.45, 2.75) is 13.1 Å². The zero-order valence-corrected chi connectivity index (χ0v) is 13.6. The van der Waals surface area contributed by atoms with Gasteiger partial charge in [-0.25, -0.2) is 18.7 Å². The fraction of sp³-hybridized carbons (Fsp3) is 0.250. The molecule has 7 nitrogen and oxygen atoms in total. The standard InChI is InChI=1S/C12H12BrFN4O3S/c13-10-2-1-9(22-10)6-17-7-16-18(12(17)21)5-8(3-14)4-15-11(19)20/h1-3,7,15H,4-6H2,(H,19,20)/b8-3+. The molecule has 0 aromatic carbocycles. The number of carboxylic acid groups (broad SMARTS) is 1. The lowest BCUT2D eigenvalue weighted by atomic mass is 10.3. The Morgan fingerprint density at radius 2 is 2.32 bits per heavy atom. The van der Waals surface area contributed by atoms with Crippen LogP contribution in [0.2, 0.25) is 0 Å². The van der Waals surface area contributed by atoms with Gasteiger partial charge in [-0.05, 0) is 33.6 Å². The Balaban J connectivity index is 2.07. The van der Waals surface area contributed by atoms with Crippen molar-refractivity contribution in [3.05, 3.63) is 49.5 Å². The van der Waals surface area contributed by atoms with Gasteiger partial charge in [-0.3, -0.25) is 4.57 Å². The van der Waals surface area contributed by atoms with Gasteiger partial charge in [0, 0.05) is 11.4 Å². The van der Waals surface area contributed by atoms with E-state index >= 15 is 0 Å². The van der Waals surface area contributed by atoms with Crippen LogP contribution in [0.25, 0.3) is 0 Å². The molecule has 1 amide bonds. The van der Waals surface area contributed by atoms with Crippen molar-refractivity contribution in [2.24, 2.45) is 0 Å². The molecule has 0 fully saturated rings. The lowest BCUT2D eigenvalue weighted by Crippen LogP contribution is -2.29. The van der Waals surface area contributed by atoms with Gasteiger partial charge in [0.2, 0.25) is 0 Å². The van der Waals surface area contributed by atoms with Crippen LogP contribution in [0.1, 0.15) is 4.88 Å². The smallest absolute Gasteiger partial charge is 0.404 e. The molecule has 2 heterocycles. The summed E-state index contributed by atoms with van der Waals surface area (Å²) in [5.41, 5.74) is -0.284. The van der Waals surface area contributed by atoms with Crippen molar-refractivity contribution >= 4 is 33.4 Å². The summed E-state index contributed by atoms with van der Waals surface area (Å²) in [5.74, 6) is 0. The molecular formula is C12H12BrFN4O3S. The molecule has 0 aliphatic heterocycles. The van der Waals surface area contributed by atoms with Crippen LogP contribution < -0.4 is 11.0 Å². The second-order valence-electron chi connectivity index (χ2n) is 4.33. The molecule has 0 spiro atoms. The van der Waals surface area contributed by atoms with E-state index in [1.165, 1.54) is 22.2 Å². The maximum Gasteiger partial charge on any atom is 0.404 e. The summed E-state index contributed by atoms with van der Waals surface area (Å²) in [5, 5.41) is 14.4. The van der Waals surface area contributed by atoms with Gasteiger partial charge >= 0.3 is 11.8 Å². The Bertz CT molecular complexity index is 752. The minimum Gasteiger partial charge on any atom is -0.465 e. The predicted octanol–water partition coefficient (Wildman–Crippen LogP) is 2.04. The summed E-state index contributed by atoms with van der Waals surface area (Å²) in [6, 6.07) is 3.78. The Hall–Kier alpha value is -1.94. The molecule has 2 aromatic rings. The van der Waals surface area contributed by atoms with Crippen LogP contribution in [-0.2, 0) is 13.1 Å². The molecule has 2 N–H and O–H groups in total. The summed E-state index contributed by atoms with van der Waals surface area (Å²) in [6.45, 7) is 0.0525. The molecule has 118 valence electrons. The molecule has 0 atom stereocenters. The molecule has 0 unspecified atom stereocenters. The first-order chi connectivity index (χ1) is 10.5. The Kier molecular flexibility index (Phi) is 5.50. The summed E-state index contributed by atoms with van der Waals surface area (Å²) in [4.78, 5) is 23.5. The number of halogens is 2. The molecule has 0 saturated carbocycles. The van der Waals surface area contributed by atoms with E-state index in [0.29, 0.717) is 6.54 Å². The molecular weight excluding hydrogens is 379 g/mol. The molecule has 10 heteroatoms. The number of hydrogen-bond acceptors (Lipinski definition) is 4. The average molecular weight is 391 g/mol. The molecule has 2 rings (SSSR count). The largest absolute Gasteiger partial charge is 0.465 e. The number of amides is 1. The third kappa shape index (κ3) is 4.28. The van der Waals surface area contributed by atoms with Crippen LogP contribution >= 0.6 is 27.3 Å². The first-order valence-electron chi connectivity index (χ1n) is 6.11. The first-order valence-corrected chi connectivity index (χ1v) is 7.72. The lowest BCUT2D eigenvalue weighted by molar-refractivity contribution is 0.195. The average Bonchev–Trinajstić information content (AvgIpc) is 3.03. The fourth-order valence-electron chi connectivity index (χ4n) is 1.70. The van der Waals surface area contributed by atoms with Gasteiger partial charge in [0.25, 0.3) is 0 Å². The van der Waals surface area contributed by atoms with Crippen molar-refractivity contribution < 1.29 is 14.3 Å². The minimum absolute atomic E-state index is 0.105. The molecule has 0 aliphatic rings. The van der Waals surface area contributed by atoms with Gasteiger partial charge in [-0.2, -0.15) is 5.10 Å². The van der Waals surface area contributed by atoms with E-state index < -0.39 is 6.09 Å². The van der Waals surface area contributed by atoms with Crippen LogP contribution in [-0.4, -0.2) is 32.1 Å². The Morgan fingerprint density at radius 3 is 2.91 bits per heavy atom. The zero-order valence-electron chi connectivity index (χ0n) is 11.2. The van der Waals surface area contributed by atoms with Crippen LogP contribution in [0.15, 0.2) is 38.9 Å². The fourth-order valence-corrected chi connectivity index (χ4v) is 3.19. The van der Waals surface area contributed by atoms with Crippen molar-refractivity contribution in [3.8, 4) is 0 Å². The molecule has 22 heavy (non-hydrogen) atoms. The summed E-state index contributed by atoms with van der Waals surface area (Å²) >= 11 is 4.85. The maximum absolute atomic E-state index is 12.7. The Morgan fingerprint density at radius 1 is 1.55 bits per heavy atom. The molecule has 0 aliphatic carbocycles. The van der Waals surface area contributed by atoms with Crippen molar-refractivity contribution in [3.63, 3.8) is 0 Å². The second-order valence-corrected chi connectivity index (χ2v) is 6.88. The Labute approximate surface area is 136 Å². The maximum atomic E-state index is 12.7. The molecule has 0 radical (unpaired) electrons. The predicted molar refractivity (Wildman–Crippen MR) is 82.8 cm³/mol. The number of thiophene rings is 1. The van der Waals surface area contributed by atoms with Crippen LogP contribution in [0.5, 0.6) is 0 Å². The van der Waals surface area contributed by atoms with E-state index in [2.05, 4.69) is 21.0 Å². The van der Waals surface area contributed by atoms with E-state index in [9.17, 15) is 14.0 Å². The monoisotopic (exact) mass is 390 g/mol. The van der Waals surface area contributed by atoms with Crippen LogP contribution in [0, 0.1) is 0 Å². The number of aromatic nitrogens is 3. The van der Waals surface area contributed by atoms with Gasteiger partial charge in [0.1, 0.15) is 6.33 Å². The SMILES string of the molecule is O=C(O)NC/C(=C\F)Cn1ncn(Cc2ccc(Br)s2)c1=O. The molecule has 2 aromatic heterocycles. The van der Waals surface area contributed by atoms with E-state index in [4.69, 9.17) is 5.11 Å². The lowest BCUT2D eigenvalue weighted by Gasteiger charge is -2.05. The second kappa shape index (κ2) is 7.36. The van der Waals surface area contributed by atoms with Crippen molar-refractivity contribution in [2.75, 3.05) is 6.54 Å². The van der Waals surface area contributed by atoms with E-state index in [-0.39, 0.29) is 30.7 Å². The van der Waals surface area contributed by atoms with Gasteiger partial charge in [-0.15, -0.1) is 11.3 Å². The van der Waals surface area contributed by atoms with Gasteiger partial charge in [0.15, 0.2) is 0 Å². The van der Waals surface area contributed by atoms with E-state index in [0.717, 1.165) is 13.3 Å². The van der Waals surface area contributed by atoms with Crippen molar-refractivity contribution in [1.82, 2.24) is 19.7 Å². The number of nitrogens with zero attached hydrogens (tertiary/aromatic N) is 3. The minimum atomic E-state index is -1.26. The van der Waals surface area contributed by atoms with Gasteiger partial charge in [0.05, 0.1) is 23.2 Å². The number of rotatable bonds is 6. The van der Waals surface area contributed by atoms with E-state index in [1.807, 2.05) is 17.4 Å². The highest BCUT2D eigenvalue weighted by Crippen LogP contribution is 2.22. The third-order valence-corrected chi connectivity index (χ3v) is 4.33. The van der Waals surface area contributed by atoms with Gasteiger partial charge in [-0.1, -0.05) is 0 Å². The number of nitrogens with one attached hydrogen (secondary N) is 1. The molecule has 0 saturated heterocycles. The number of hydrogen-bond donors (Lipinski definition) is 2. The molecule has 0 bridgehead atoms. The summed E-state index contributed by atoms with van der Waals surface area (Å²) in [6.07, 6.45) is 0.384. The first kappa shape index (κ1) is 16.4. The summed E-state index contributed by atoms with van der Waals surface area (Å²) in [7, 11) is 0. The van der Waals surface area contributed by atoms with Crippen LogP contribution in [0.4, 0.5) is 9.18 Å². The van der Waals surface area contributed by atoms with Gasteiger partial charge < -0.3 is 10.4 Å². The highest BCUT2D eigenvalue weighted by Gasteiger charge is 2.09. The normalized spacial score (nSPS) is 11.6. The van der Waals surface area contributed by atoms with Crippen LogP contribution in [0.3, 0.4) is 0 Å². The summed E-state index contributed by atoms with van der Waals surface area (Å²) < 4.78 is 16.2. The third-order valence-electron chi connectivity index (χ3n) is 2.73. The topological polar surface area (TPSA) is 89.2 Å². The quantitative estimate of drug-likeness (QED) is 0.789. The zero-order chi connectivity index (χ0) is 16.1. The van der Waals surface area contributed by atoms with Crippen molar-refractivity contribution in [1.29, 1.82) is 0 Å². The number of carbonyl (C=O) groups is 1. The highest BCUT2D eigenvalue weighted by molar-refractivity contribution is 9.11. The van der Waals surface area contributed by atoms with E-state index in [1.54, 1.807) is 0 Å². The highest BCUT2D eigenvalue weighted by atomic mass is 79.9.